The van der Waals surface area contributed by atoms with Crippen LogP contribution >= 0.6 is 0 Å². The minimum atomic E-state index is -0.606. The predicted molar refractivity (Wildman–Crippen MR) is 43.8 cm³/mol. The van der Waals surface area contributed by atoms with Crippen LogP contribution in [0.2, 0.25) is 0 Å². The van der Waals surface area contributed by atoms with Gasteiger partial charge in [0.2, 0.25) is 0 Å². The molecule has 1 aromatic rings. The van der Waals surface area contributed by atoms with E-state index >= 15 is 0 Å². The van der Waals surface area contributed by atoms with Gasteiger partial charge >= 0.3 is 0 Å². The summed E-state index contributed by atoms with van der Waals surface area (Å²) in [4.78, 5) is 0. The van der Waals surface area contributed by atoms with Crippen LogP contribution in [0.5, 0.6) is 11.5 Å². The quantitative estimate of drug-likeness (QED) is 0.505. The summed E-state index contributed by atoms with van der Waals surface area (Å²) in [6, 6.07) is 3.46. The van der Waals surface area contributed by atoms with Crippen LogP contribution in [0.15, 0.2) is 18.2 Å². The molecule has 1 aromatic carbocycles. The van der Waals surface area contributed by atoms with Gasteiger partial charge in [0.05, 0.1) is 12.6 Å². The number of hydrogen-bond acceptors (Lipinski definition) is 4. The molecule has 1 rings (SSSR count). The molecule has 0 fully saturated rings. The molecule has 0 amide bonds. The molecule has 0 aliphatic rings. The largest absolute Gasteiger partial charge is 0.508 e. The maximum Gasteiger partial charge on any atom is 0.124 e. The van der Waals surface area contributed by atoms with Gasteiger partial charge in [0, 0.05) is 11.6 Å². The van der Waals surface area contributed by atoms with Gasteiger partial charge in [-0.05, 0) is 6.07 Å². The number of phenols is 2. The van der Waals surface area contributed by atoms with Gasteiger partial charge in [-0.25, -0.2) is 0 Å². The Morgan fingerprint density at radius 3 is 2.50 bits per heavy atom. The van der Waals surface area contributed by atoms with E-state index in [4.69, 9.17) is 15.9 Å². The van der Waals surface area contributed by atoms with Crippen LogP contribution in [0, 0.1) is 0 Å². The van der Waals surface area contributed by atoms with Gasteiger partial charge in [-0.2, -0.15) is 0 Å². The predicted octanol–water partition coefficient (Wildman–Crippen LogP) is 0.0899. The number of phenolic OH excluding ortho intramolecular Hbond substituents is 2. The number of nitrogens with two attached hydrogens (primary N) is 1. The van der Waals surface area contributed by atoms with Crippen LogP contribution < -0.4 is 5.73 Å². The van der Waals surface area contributed by atoms with E-state index in [2.05, 4.69) is 0 Å². The van der Waals surface area contributed by atoms with Crippen molar-refractivity contribution in [2.45, 2.75) is 6.04 Å². The topological polar surface area (TPSA) is 86.7 Å². The van der Waals surface area contributed by atoms with Crippen LogP contribution in [-0.4, -0.2) is 21.9 Å². The van der Waals surface area contributed by atoms with E-state index in [-0.39, 0.29) is 18.1 Å². The first-order chi connectivity index (χ1) is 5.65. The molecule has 0 spiro atoms. The molecular formula is C8H11NO3. The van der Waals surface area contributed by atoms with Gasteiger partial charge in [-0.3, -0.25) is 0 Å². The van der Waals surface area contributed by atoms with Crippen molar-refractivity contribution in [3.8, 4) is 11.5 Å². The maximum absolute atomic E-state index is 9.24. The third-order valence-electron chi connectivity index (χ3n) is 1.61. The molecule has 0 aliphatic carbocycles. The molecule has 4 heteroatoms. The zero-order valence-electron chi connectivity index (χ0n) is 6.44. The molecule has 0 saturated carbocycles. The van der Waals surface area contributed by atoms with Gasteiger partial charge < -0.3 is 21.1 Å². The first-order valence-electron chi connectivity index (χ1n) is 3.53. The Balaban J connectivity index is 3.01. The Labute approximate surface area is 69.9 Å². The van der Waals surface area contributed by atoms with E-state index < -0.39 is 6.04 Å². The molecule has 5 N–H and O–H groups in total. The second-order valence-corrected chi connectivity index (χ2v) is 2.53. The number of aliphatic hydroxyl groups excluding tert-OH is 1. The lowest BCUT2D eigenvalue weighted by atomic mass is 10.1. The molecule has 12 heavy (non-hydrogen) atoms. The Morgan fingerprint density at radius 2 is 2.00 bits per heavy atom. The van der Waals surface area contributed by atoms with E-state index in [1.807, 2.05) is 0 Å². The fourth-order valence-electron chi connectivity index (χ4n) is 0.944. The van der Waals surface area contributed by atoms with Crippen molar-refractivity contribution in [3.63, 3.8) is 0 Å². The maximum atomic E-state index is 9.24. The molecule has 0 radical (unpaired) electrons. The SMILES string of the molecule is NC(CO)c1ccc(O)cc1O. The highest BCUT2D eigenvalue weighted by molar-refractivity contribution is 5.40. The Kier molecular flexibility index (Phi) is 2.52. The van der Waals surface area contributed by atoms with E-state index in [1.165, 1.54) is 18.2 Å². The highest BCUT2D eigenvalue weighted by atomic mass is 16.3. The molecule has 0 aromatic heterocycles. The summed E-state index contributed by atoms with van der Waals surface area (Å²) in [6.07, 6.45) is 0. The number of hydrogen-bond donors (Lipinski definition) is 4. The summed E-state index contributed by atoms with van der Waals surface area (Å²) in [6.45, 7) is -0.238. The highest BCUT2D eigenvalue weighted by Crippen LogP contribution is 2.26. The van der Waals surface area contributed by atoms with Crippen molar-refractivity contribution in [1.29, 1.82) is 0 Å². The second kappa shape index (κ2) is 3.42. The Bertz CT molecular complexity index is 275. The first-order valence-corrected chi connectivity index (χ1v) is 3.53. The fraction of sp³-hybridized carbons (Fsp3) is 0.250. The minimum Gasteiger partial charge on any atom is -0.508 e. The van der Waals surface area contributed by atoms with Crippen molar-refractivity contribution in [2.75, 3.05) is 6.61 Å². The summed E-state index contributed by atoms with van der Waals surface area (Å²) in [5.74, 6) is -0.127. The van der Waals surface area contributed by atoms with Gasteiger partial charge in [0.25, 0.3) is 0 Å². The number of benzene rings is 1. The summed E-state index contributed by atoms with van der Waals surface area (Å²) in [7, 11) is 0. The monoisotopic (exact) mass is 169 g/mol. The third kappa shape index (κ3) is 1.66. The van der Waals surface area contributed by atoms with Gasteiger partial charge in [0.15, 0.2) is 0 Å². The van der Waals surface area contributed by atoms with Crippen molar-refractivity contribution in [2.24, 2.45) is 5.73 Å². The van der Waals surface area contributed by atoms with E-state index in [1.54, 1.807) is 0 Å². The molecule has 0 saturated heterocycles. The standard InChI is InChI=1S/C8H11NO3/c9-7(4-10)6-2-1-5(11)3-8(6)12/h1-3,7,10-12H,4,9H2. The number of rotatable bonds is 2. The molecule has 0 heterocycles. The molecular weight excluding hydrogens is 158 g/mol. The fourth-order valence-corrected chi connectivity index (χ4v) is 0.944. The van der Waals surface area contributed by atoms with Crippen LogP contribution in [0.25, 0.3) is 0 Å². The van der Waals surface area contributed by atoms with Crippen LogP contribution in [0.4, 0.5) is 0 Å². The molecule has 1 unspecified atom stereocenters. The van der Waals surface area contributed by atoms with Crippen LogP contribution in [0.3, 0.4) is 0 Å². The van der Waals surface area contributed by atoms with Crippen molar-refractivity contribution >= 4 is 0 Å². The van der Waals surface area contributed by atoms with E-state index in [9.17, 15) is 5.11 Å². The Morgan fingerprint density at radius 1 is 1.33 bits per heavy atom. The lowest BCUT2D eigenvalue weighted by Crippen LogP contribution is -2.14. The molecule has 1 atom stereocenters. The minimum absolute atomic E-state index is 0.0265. The average Bonchev–Trinajstić information content (AvgIpc) is 2.03. The van der Waals surface area contributed by atoms with Crippen molar-refractivity contribution in [1.82, 2.24) is 0 Å². The zero-order valence-corrected chi connectivity index (χ0v) is 6.44. The smallest absolute Gasteiger partial charge is 0.124 e. The number of aromatic hydroxyl groups is 2. The lowest BCUT2D eigenvalue weighted by molar-refractivity contribution is 0.265. The molecule has 4 nitrogen and oxygen atoms in total. The first kappa shape index (κ1) is 8.83. The van der Waals surface area contributed by atoms with E-state index in [0.29, 0.717) is 5.56 Å². The lowest BCUT2D eigenvalue weighted by Gasteiger charge is -2.10. The normalized spacial score (nSPS) is 12.8. The summed E-state index contributed by atoms with van der Waals surface area (Å²) < 4.78 is 0. The van der Waals surface area contributed by atoms with Gasteiger partial charge in [-0.1, -0.05) is 6.07 Å². The number of aliphatic hydroxyl groups is 1. The van der Waals surface area contributed by atoms with E-state index in [0.717, 1.165) is 0 Å². The molecule has 66 valence electrons. The zero-order chi connectivity index (χ0) is 9.14. The molecule has 0 bridgehead atoms. The average molecular weight is 169 g/mol. The Hall–Kier alpha value is -1.26. The van der Waals surface area contributed by atoms with Crippen molar-refractivity contribution < 1.29 is 15.3 Å². The van der Waals surface area contributed by atoms with Crippen LogP contribution in [0.1, 0.15) is 11.6 Å². The summed E-state index contributed by atoms with van der Waals surface area (Å²) in [5.41, 5.74) is 5.88. The second-order valence-electron chi connectivity index (χ2n) is 2.53. The van der Waals surface area contributed by atoms with Crippen molar-refractivity contribution in [3.05, 3.63) is 23.8 Å². The highest BCUT2D eigenvalue weighted by Gasteiger charge is 2.09. The van der Waals surface area contributed by atoms with Crippen LogP contribution in [-0.2, 0) is 0 Å². The summed E-state index contributed by atoms with van der Waals surface area (Å²) in [5, 5.41) is 26.9. The van der Waals surface area contributed by atoms with Gasteiger partial charge in [0.1, 0.15) is 11.5 Å². The summed E-state index contributed by atoms with van der Waals surface area (Å²) >= 11 is 0. The molecule has 0 aliphatic heterocycles. The third-order valence-corrected chi connectivity index (χ3v) is 1.61. The van der Waals surface area contributed by atoms with Gasteiger partial charge in [-0.15, -0.1) is 0 Å².